The fourth-order valence-electron chi connectivity index (χ4n) is 4.58. The molecule has 2 aliphatic rings. The molecular formula is C24H30N8O. The number of methoxy groups -OCH3 is 1. The number of aromatic nitrogens is 3. The molecule has 3 heterocycles. The van der Waals surface area contributed by atoms with Crippen LogP contribution in [0.3, 0.4) is 0 Å². The van der Waals surface area contributed by atoms with Crippen molar-refractivity contribution in [2.24, 2.45) is 16.6 Å². The van der Waals surface area contributed by atoms with Crippen molar-refractivity contribution in [1.82, 2.24) is 19.9 Å². The minimum atomic E-state index is 0.150. The molecule has 1 aliphatic carbocycles. The van der Waals surface area contributed by atoms with E-state index in [1.165, 1.54) is 5.56 Å². The molecular weight excluding hydrogens is 416 g/mol. The number of piperazine rings is 1. The summed E-state index contributed by atoms with van der Waals surface area (Å²) in [5.41, 5.74) is 14.2. The maximum absolute atomic E-state index is 6.39. The van der Waals surface area contributed by atoms with Gasteiger partial charge in [0.15, 0.2) is 5.82 Å². The van der Waals surface area contributed by atoms with Gasteiger partial charge in [-0.2, -0.15) is 4.98 Å². The summed E-state index contributed by atoms with van der Waals surface area (Å²) in [6.45, 7) is 4.20. The van der Waals surface area contributed by atoms with E-state index < -0.39 is 0 Å². The second kappa shape index (κ2) is 8.82. The number of likely N-dealkylation sites (N-methyl/N-ethyl adjacent to an activating group) is 1. The normalized spacial score (nSPS) is 21.8. The predicted molar refractivity (Wildman–Crippen MR) is 131 cm³/mol. The van der Waals surface area contributed by atoms with Crippen molar-refractivity contribution in [3.05, 3.63) is 42.1 Å². The molecule has 33 heavy (non-hydrogen) atoms. The lowest BCUT2D eigenvalue weighted by Crippen LogP contribution is -2.44. The average molecular weight is 447 g/mol. The summed E-state index contributed by atoms with van der Waals surface area (Å²) in [6, 6.07) is 9.98. The van der Waals surface area contributed by atoms with Gasteiger partial charge in [-0.05, 0) is 49.6 Å². The molecule has 4 N–H and O–H groups in total. The van der Waals surface area contributed by atoms with Gasteiger partial charge in [0, 0.05) is 43.7 Å². The van der Waals surface area contributed by atoms with E-state index in [4.69, 9.17) is 21.2 Å². The third-order valence-electron chi connectivity index (χ3n) is 6.77. The minimum Gasteiger partial charge on any atom is -0.494 e. The fraction of sp³-hybridized carbons (Fsp3) is 0.417. The van der Waals surface area contributed by atoms with Crippen LogP contribution in [0.1, 0.15) is 24.3 Å². The van der Waals surface area contributed by atoms with Gasteiger partial charge >= 0.3 is 0 Å². The molecule has 1 saturated heterocycles. The van der Waals surface area contributed by atoms with Gasteiger partial charge < -0.3 is 26.0 Å². The fourth-order valence-corrected chi connectivity index (χ4v) is 4.58. The average Bonchev–Trinajstić information content (AvgIpc) is 2.79. The van der Waals surface area contributed by atoms with Crippen molar-refractivity contribution in [3.8, 4) is 5.75 Å². The number of hydrogen-bond donors (Lipinski definition) is 2. The molecule has 2 aromatic heterocycles. The highest BCUT2D eigenvalue weighted by molar-refractivity contribution is 5.96. The van der Waals surface area contributed by atoms with E-state index in [0.29, 0.717) is 28.8 Å². The molecule has 3 aromatic rings. The Morgan fingerprint density at radius 1 is 1.09 bits per heavy atom. The van der Waals surface area contributed by atoms with Crippen LogP contribution in [0.15, 0.2) is 41.5 Å². The second-order valence-corrected chi connectivity index (χ2v) is 8.90. The monoisotopic (exact) mass is 446 g/mol. The molecule has 0 unspecified atom stereocenters. The van der Waals surface area contributed by atoms with E-state index in [-0.39, 0.29) is 11.9 Å². The van der Waals surface area contributed by atoms with Gasteiger partial charge in [-0.15, -0.1) is 0 Å². The summed E-state index contributed by atoms with van der Waals surface area (Å²) < 4.78 is 5.40. The van der Waals surface area contributed by atoms with Crippen molar-refractivity contribution >= 4 is 34.3 Å². The Morgan fingerprint density at radius 2 is 1.88 bits per heavy atom. The highest BCUT2D eigenvalue weighted by Gasteiger charge is 2.33. The Bertz CT molecular complexity index is 1170. The quantitative estimate of drug-likeness (QED) is 0.453. The van der Waals surface area contributed by atoms with Crippen LogP contribution in [0.4, 0.5) is 17.6 Å². The SMILES string of the molecule is COc1cccc2c(N=C(N)C3CC(c4ccc(N5CCN(C)CC5)nc4)C3)nc(N)nc12. The Hall–Kier alpha value is -3.46. The lowest BCUT2D eigenvalue weighted by molar-refractivity contribution is 0.312. The Labute approximate surface area is 193 Å². The number of aliphatic imine (C=N–C) groups is 1. The van der Waals surface area contributed by atoms with Crippen LogP contribution in [-0.4, -0.2) is 66.0 Å². The molecule has 9 nitrogen and oxygen atoms in total. The van der Waals surface area contributed by atoms with E-state index >= 15 is 0 Å². The van der Waals surface area contributed by atoms with Crippen LogP contribution in [0.25, 0.3) is 10.9 Å². The first kappa shape index (κ1) is 21.4. The largest absolute Gasteiger partial charge is 0.494 e. The van der Waals surface area contributed by atoms with Crippen LogP contribution < -0.4 is 21.1 Å². The first-order valence-electron chi connectivity index (χ1n) is 11.4. The van der Waals surface area contributed by atoms with Crippen LogP contribution in [0.2, 0.25) is 0 Å². The zero-order valence-corrected chi connectivity index (χ0v) is 19.1. The molecule has 172 valence electrons. The van der Waals surface area contributed by atoms with Gasteiger partial charge in [-0.1, -0.05) is 12.1 Å². The van der Waals surface area contributed by atoms with Crippen LogP contribution in [-0.2, 0) is 0 Å². The maximum atomic E-state index is 6.39. The molecule has 1 aliphatic heterocycles. The number of nitrogens with two attached hydrogens (primary N) is 2. The van der Waals surface area contributed by atoms with Gasteiger partial charge in [0.1, 0.15) is 22.9 Å². The molecule has 0 spiro atoms. The number of benzene rings is 1. The number of nitrogens with zero attached hydrogens (tertiary/aromatic N) is 6. The number of nitrogen functional groups attached to an aromatic ring is 1. The molecule has 2 fully saturated rings. The third kappa shape index (κ3) is 4.28. The molecule has 0 atom stereocenters. The van der Waals surface area contributed by atoms with E-state index in [9.17, 15) is 0 Å². The molecule has 5 rings (SSSR count). The maximum Gasteiger partial charge on any atom is 0.222 e. The van der Waals surface area contributed by atoms with Crippen LogP contribution in [0, 0.1) is 5.92 Å². The summed E-state index contributed by atoms with van der Waals surface area (Å²) in [5, 5.41) is 0.770. The first-order chi connectivity index (χ1) is 16.0. The summed E-state index contributed by atoms with van der Waals surface area (Å²) in [5.74, 6) is 3.57. The smallest absolute Gasteiger partial charge is 0.222 e. The highest BCUT2D eigenvalue weighted by Crippen LogP contribution is 2.42. The Morgan fingerprint density at radius 3 is 2.58 bits per heavy atom. The lowest BCUT2D eigenvalue weighted by Gasteiger charge is -2.36. The van der Waals surface area contributed by atoms with Crippen LogP contribution in [0.5, 0.6) is 5.75 Å². The molecule has 0 radical (unpaired) electrons. The number of para-hydroxylation sites is 1. The second-order valence-electron chi connectivity index (χ2n) is 8.90. The molecule has 1 aromatic carbocycles. The number of fused-ring (bicyclic) bond motifs is 1. The number of pyridine rings is 1. The number of ether oxygens (including phenoxy) is 1. The van der Waals surface area contributed by atoms with Crippen LogP contribution >= 0.6 is 0 Å². The number of hydrogen-bond acceptors (Lipinski definition) is 8. The Balaban J connectivity index is 1.27. The topological polar surface area (TPSA) is 119 Å². The summed E-state index contributed by atoms with van der Waals surface area (Å²) in [6.07, 6.45) is 3.92. The van der Waals surface area contributed by atoms with E-state index in [0.717, 1.165) is 50.2 Å². The van der Waals surface area contributed by atoms with Crippen molar-refractivity contribution in [3.63, 3.8) is 0 Å². The number of rotatable bonds is 5. The van der Waals surface area contributed by atoms with Gasteiger partial charge in [0.2, 0.25) is 5.95 Å². The third-order valence-corrected chi connectivity index (χ3v) is 6.77. The summed E-state index contributed by atoms with van der Waals surface area (Å²) in [7, 11) is 3.76. The lowest BCUT2D eigenvalue weighted by atomic mass is 9.71. The molecule has 9 heteroatoms. The number of anilines is 2. The molecule has 0 bridgehead atoms. The zero-order chi connectivity index (χ0) is 22.9. The van der Waals surface area contributed by atoms with Gasteiger partial charge in [-0.3, -0.25) is 0 Å². The standard InChI is InChI=1S/C24H30N8O/c1-31-8-10-32(11-9-31)20-7-6-15(14-27-20)16-12-17(13-16)22(25)29-23-18-4-3-5-19(33-2)21(18)28-24(26)30-23/h3-7,14,16-17H,8-13H2,1-2H3,(H4,25,26,28,29,30). The van der Waals surface area contributed by atoms with E-state index in [1.807, 2.05) is 24.4 Å². The summed E-state index contributed by atoms with van der Waals surface area (Å²) >= 11 is 0. The first-order valence-corrected chi connectivity index (χ1v) is 11.4. The van der Waals surface area contributed by atoms with Crippen molar-refractivity contribution in [2.75, 3.05) is 51.0 Å². The zero-order valence-electron chi connectivity index (χ0n) is 19.1. The van der Waals surface area contributed by atoms with Crippen molar-refractivity contribution in [2.45, 2.75) is 18.8 Å². The van der Waals surface area contributed by atoms with Gasteiger partial charge in [0.05, 0.1) is 7.11 Å². The molecule has 0 amide bonds. The molecule has 1 saturated carbocycles. The minimum absolute atomic E-state index is 0.150. The van der Waals surface area contributed by atoms with E-state index in [1.54, 1.807) is 7.11 Å². The van der Waals surface area contributed by atoms with Crippen molar-refractivity contribution in [1.29, 1.82) is 0 Å². The highest BCUT2D eigenvalue weighted by atomic mass is 16.5. The Kier molecular flexibility index (Phi) is 5.72. The van der Waals surface area contributed by atoms with Crippen molar-refractivity contribution < 1.29 is 4.74 Å². The van der Waals surface area contributed by atoms with Gasteiger partial charge in [-0.25, -0.2) is 15.0 Å². The summed E-state index contributed by atoms with van der Waals surface area (Å²) in [4.78, 5) is 22.7. The number of amidine groups is 1. The van der Waals surface area contributed by atoms with E-state index in [2.05, 4.69) is 43.9 Å². The van der Waals surface area contributed by atoms with Gasteiger partial charge in [0.25, 0.3) is 0 Å². The predicted octanol–water partition coefficient (Wildman–Crippen LogP) is 2.55.